The fraction of sp³-hybridized carbons (Fsp3) is 0.800. The second-order valence-corrected chi connectivity index (χ2v) is 4.38. The summed E-state index contributed by atoms with van der Waals surface area (Å²) in [5, 5.41) is 2.57. The largest absolute Gasteiger partial charge is 0.347 e. The summed E-state index contributed by atoms with van der Waals surface area (Å²) in [6.45, 7) is 6.02. The van der Waals surface area contributed by atoms with Crippen LogP contribution in [0.5, 0.6) is 0 Å². The van der Waals surface area contributed by atoms with Crippen LogP contribution >= 0.6 is 11.6 Å². The Labute approximate surface area is 96.0 Å². The zero-order chi connectivity index (χ0) is 12.1. The minimum absolute atomic E-state index is 0.0312. The van der Waals surface area contributed by atoms with Crippen LogP contribution in [0, 0.1) is 5.41 Å². The van der Waals surface area contributed by atoms with Crippen LogP contribution in [-0.2, 0) is 9.59 Å². The number of carbonyl (C=O) groups excluding carboxylic acids is 2. The number of rotatable bonds is 5. The Balaban J connectivity index is 4.07. The molecule has 0 radical (unpaired) electrons. The number of hydrogen-bond donors (Lipinski definition) is 1. The molecule has 0 heterocycles. The summed E-state index contributed by atoms with van der Waals surface area (Å²) in [5.74, 6) is -0.0667. The molecule has 0 aliphatic carbocycles. The van der Waals surface area contributed by atoms with Crippen molar-refractivity contribution in [2.45, 2.75) is 20.8 Å². The number of halogens is 1. The molecule has 0 aromatic heterocycles. The molecule has 0 aliphatic rings. The lowest BCUT2D eigenvalue weighted by Crippen LogP contribution is -2.43. The Morgan fingerprint density at radius 2 is 1.93 bits per heavy atom. The third-order valence-electron chi connectivity index (χ3n) is 2.25. The third-order valence-corrected chi connectivity index (χ3v) is 2.92. The number of carbonyl (C=O) groups is 2. The predicted molar refractivity (Wildman–Crippen MR) is 60.8 cm³/mol. The van der Waals surface area contributed by atoms with E-state index in [1.807, 2.05) is 6.92 Å². The molecule has 0 fully saturated rings. The molecule has 0 aromatic carbocycles. The lowest BCUT2D eigenvalue weighted by Gasteiger charge is -2.21. The maximum absolute atomic E-state index is 11.5. The van der Waals surface area contributed by atoms with Gasteiger partial charge in [-0.05, 0) is 20.8 Å². The standard InChI is InChI=1S/C10H19ClN2O2/c1-5-13(4)8(14)6-12-9(15)10(2,3)7-11/h5-7H2,1-4H3,(H,12,15). The minimum atomic E-state index is -0.632. The highest BCUT2D eigenvalue weighted by molar-refractivity contribution is 6.19. The fourth-order valence-corrected chi connectivity index (χ4v) is 0.889. The van der Waals surface area contributed by atoms with E-state index in [1.54, 1.807) is 25.8 Å². The summed E-state index contributed by atoms with van der Waals surface area (Å²) in [7, 11) is 1.70. The Bertz CT molecular complexity index is 242. The lowest BCUT2D eigenvalue weighted by atomic mass is 9.95. The van der Waals surface area contributed by atoms with Crippen LogP contribution < -0.4 is 5.32 Å². The van der Waals surface area contributed by atoms with Crippen LogP contribution in [0.1, 0.15) is 20.8 Å². The fourth-order valence-electron chi connectivity index (χ4n) is 0.767. The van der Waals surface area contributed by atoms with Crippen LogP contribution in [0.25, 0.3) is 0 Å². The van der Waals surface area contributed by atoms with Crippen LogP contribution in [0.2, 0.25) is 0 Å². The van der Waals surface area contributed by atoms with Gasteiger partial charge in [0.25, 0.3) is 0 Å². The first-order valence-electron chi connectivity index (χ1n) is 4.93. The molecule has 0 spiro atoms. The van der Waals surface area contributed by atoms with Crippen molar-refractivity contribution in [3.05, 3.63) is 0 Å². The molecule has 0 saturated carbocycles. The highest BCUT2D eigenvalue weighted by Crippen LogP contribution is 2.16. The SMILES string of the molecule is CCN(C)C(=O)CNC(=O)C(C)(C)CCl. The summed E-state index contributed by atoms with van der Waals surface area (Å²) in [4.78, 5) is 24.5. The summed E-state index contributed by atoms with van der Waals surface area (Å²) >= 11 is 5.64. The van der Waals surface area contributed by atoms with Gasteiger partial charge in [-0.15, -0.1) is 11.6 Å². The zero-order valence-electron chi connectivity index (χ0n) is 9.76. The van der Waals surface area contributed by atoms with Crippen molar-refractivity contribution in [2.75, 3.05) is 26.0 Å². The Hall–Kier alpha value is -0.770. The van der Waals surface area contributed by atoms with Crippen LogP contribution in [-0.4, -0.2) is 42.7 Å². The summed E-state index contributed by atoms with van der Waals surface area (Å²) in [6, 6.07) is 0. The molecule has 0 aromatic rings. The monoisotopic (exact) mass is 234 g/mol. The third kappa shape index (κ3) is 4.51. The van der Waals surface area contributed by atoms with Gasteiger partial charge < -0.3 is 10.2 Å². The van der Waals surface area contributed by atoms with Gasteiger partial charge >= 0.3 is 0 Å². The molecule has 0 saturated heterocycles. The number of nitrogens with zero attached hydrogens (tertiary/aromatic N) is 1. The summed E-state index contributed by atoms with van der Waals surface area (Å²) < 4.78 is 0. The van der Waals surface area contributed by atoms with E-state index < -0.39 is 5.41 Å². The van der Waals surface area contributed by atoms with Crippen molar-refractivity contribution in [3.8, 4) is 0 Å². The molecular weight excluding hydrogens is 216 g/mol. The maximum atomic E-state index is 11.5. The highest BCUT2D eigenvalue weighted by Gasteiger charge is 2.26. The molecule has 0 atom stereocenters. The molecule has 5 heteroatoms. The Morgan fingerprint density at radius 1 is 1.40 bits per heavy atom. The van der Waals surface area contributed by atoms with Crippen molar-refractivity contribution in [1.82, 2.24) is 10.2 Å². The molecular formula is C10H19ClN2O2. The van der Waals surface area contributed by atoms with Gasteiger partial charge in [0, 0.05) is 19.5 Å². The molecule has 15 heavy (non-hydrogen) atoms. The van der Waals surface area contributed by atoms with Gasteiger partial charge in [-0.2, -0.15) is 0 Å². The first-order chi connectivity index (χ1) is 6.85. The molecule has 0 rings (SSSR count). The van der Waals surface area contributed by atoms with E-state index in [4.69, 9.17) is 11.6 Å². The molecule has 1 N–H and O–H groups in total. The lowest BCUT2D eigenvalue weighted by molar-refractivity contribution is -0.134. The highest BCUT2D eigenvalue weighted by atomic mass is 35.5. The van der Waals surface area contributed by atoms with E-state index in [9.17, 15) is 9.59 Å². The normalized spacial score (nSPS) is 11.0. The van der Waals surface area contributed by atoms with Crippen molar-refractivity contribution in [2.24, 2.45) is 5.41 Å². The Kier molecular flexibility index (Phi) is 5.65. The number of hydrogen-bond acceptors (Lipinski definition) is 2. The van der Waals surface area contributed by atoms with Gasteiger partial charge in [0.05, 0.1) is 12.0 Å². The molecule has 0 aliphatic heterocycles. The number of nitrogens with one attached hydrogen (secondary N) is 1. The quantitative estimate of drug-likeness (QED) is 0.717. The first-order valence-corrected chi connectivity index (χ1v) is 5.46. The average molecular weight is 235 g/mol. The second kappa shape index (κ2) is 5.95. The summed E-state index contributed by atoms with van der Waals surface area (Å²) in [5.41, 5.74) is -0.632. The van der Waals surface area contributed by atoms with Crippen LogP contribution in [0.15, 0.2) is 0 Å². The maximum Gasteiger partial charge on any atom is 0.241 e. The van der Waals surface area contributed by atoms with Crippen molar-refractivity contribution >= 4 is 23.4 Å². The van der Waals surface area contributed by atoms with Gasteiger partial charge in [0.2, 0.25) is 11.8 Å². The minimum Gasteiger partial charge on any atom is -0.347 e. The Morgan fingerprint density at radius 3 is 2.33 bits per heavy atom. The smallest absolute Gasteiger partial charge is 0.241 e. The van der Waals surface area contributed by atoms with E-state index in [0.29, 0.717) is 6.54 Å². The number of likely N-dealkylation sites (N-methyl/N-ethyl adjacent to an activating group) is 1. The van der Waals surface area contributed by atoms with E-state index in [0.717, 1.165) is 0 Å². The van der Waals surface area contributed by atoms with Crippen LogP contribution in [0.3, 0.4) is 0 Å². The van der Waals surface area contributed by atoms with Crippen molar-refractivity contribution < 1.29 is 9.59 Å². The second-order valence-electron chi connectivity index (χ2n) is 4.11. The van der Waals surface area contributed by atoms with E-state index >= 15 is 0 Å². The van der Waals surface area contributed by atoms with Crippen LogP contribution in [0.4, 0.5) is 0 Å². The molecule has 0 bridgehead atoms. The number of amides is 2. The average Bonchev–Trinajstić information content (AvgIpc) is 2.23. The van der Waals surface area contributed by atoms with Gasteiger partial charge in [-0.1, -0.05) is 0 Å². The van der Waals surface area contributed by atoms with Crippen molar-refractivity contribution in [3.63, 3.8) is 0 Å². The molecule has 0 unspecified atom stereocenters. The van der Waals surface area contributed by atoms with Crippen molar-refractivity contribution in [1.29, 1.82) is 0 Å². The molecule has 88 valence electrons. The first kappa shape index (κ1) is 14.2. The zero-order valence-corrected chi connectivity index (χ0v) is 10.5. The summed E-state index contributed by atoms with van der Waals surface area (Å²) in [6.07, 6.45) is 0. The van der Waals surface area contributed by atoms with E-state index in [1.165, 1.54) is 0 Å². The molecule has 2 amide bonds. The van der Waals surface area contributed by atoms with Gasteiger partial charge in [0.15, 0.2) is 0 Å². The number of alkyl halides is 1. The topological polar surface area (TPSA) is 49.4 Å². The van der Waals surface area contributed by atoms with Gasteiger partial charge in [0.1, 0.15) is 0 Å². The molecule has 4 nitrogen and oxygen atoms in total. The van der Waals surface area contributed by atoms with Gasteiger partial charge in [-0.25, -0.2) is 0 Å². The van der Waals surface area contributed by atoms with E-state index in [-0.39, 0.29) is 24.2 Å². The predicted octanol–water partition coefficient (Wildman–Crippen LogP) is 0.846. The van der Waals surface area contributed by atoms with Gasteiger partial charge in [-0.3, -0.25) is 9.59 Å². The van der Waals surface area contributed by atoms with E-state index in [2.05, 4.69) is 5.32 Å².